The quantitative estimate of drug-likeness (QED) is 0.239. The summed E-state index contributed by atoms with van der Waals surface area (Å²) in [4.78, 5) is 0. The first-order chi connectivity index (χ1) is 15.2. The highest BCUT2D eigenvalue weighted by Crippen LogP contribution is 2.36. The predicted molar refractivity (Wildman–Crippen MR) is 118 cm³/mol. The fraction of sp³-hybridized carbons (Fsp3) is 0.650. The Balaban J connectivity index is 0.00000189. The summed E-state index contributed by atoms with van der Waals surface area (Å²) in [6.45, 7) is 10.7. The Morgan fingerprint density at radius 2 is 1.55 bits per heavy atom. The van der Waals surface area contributed by atoms with Crippen LogP contribution in [0.5, 0.6) is 0 Å². The summed E-state index contributed by atoms with van der Waals surface area (Å²) in [5, 5.41) is 5.82. The van der Waals surface area contributed by atoms with Gasteiger partial charge in [0.1, 0.15) is 0 Å². The molecule has 2 rings (SSSR count). The van der Waals surface area contributed by atoms with E-state index in [1.54, 1.807) is 5.01 Å². The third-order valence-electron chi connectivity index (χ3n) is 4.13. The zero-order chi connectivity index (χ0) is 26.0. The van der Waals surface area contributed by atoms with Crippen molar-refractivity contribution in [2.75, 3.05) is 17.5 Å². The molecule has 0 unspecified atom stereocenters. The third kappa shape index (κ3) is 8.69. The highest BCUT2D eigenvalue weighted by molar-refractivity contribution is 7.93. The van der Waals surface area contributed by atoms with E-state index >= 15 is 0 Å². The summed E-state index contributed by atoms with van der Waals surface area (Å²) in [5.74, 6) is 5.13. The number of hydrazone groups is 1. The van der Waals surface area contributed by atoms with Crippen LogP contribution in [0.1, 0.15) is 71.4 Å². The van der Waals surface area contributed by atoms with Crippen molar-refractivity contribution in [3.8, 4) is 0 Å². The molecule has 1 heterocycles. The number of anilines is 1. The van der Waals surface area contributed by atoms with Gasteiger partial charge in [-0.15, -0.1) is 0 Å². The molecule has 1 saturated heterocycles. The SMILES string of the molecule is C/C(=N\N1CCCCC1)c1ccc(C(F)(F)F)cc1N(N)S(=O)(=O)C(F)(F)F.CC.CCC. The van der Waals surface area contributed by atoms with Crippen LogP contribution in [0.25, 0.3) is 0 Å². The molecule has 0 spiro atoms. The van der Waals surface area contributed by atoms with Gasteiger partial charge in [-0.3, -0.25) is 5.01 Å². The van der Waals surface area contributed by atoms with Gasteiger partial charge in [0.25, 0.3) is 0 Å². The number of nitrogens with two attached hydrogens (primary N) is 1. The number of hydrazine groups is 1. The first-order valence-corrected chi connectivity index (χ1v) is 12.0. The number of rotatable bonds is 4. The van der Waals surface area contributed by atoms with Crippen LogP contribution in [0.3, 0.4) is 0 Å². The van der Waals surface area contributed by atoms with Crippen LogP contribution < -0.4 is 10.3 Å². The van der Waals surface area contributed by atoms with Crippen LogP contribution in [0.2, 0.25) is 0 Å². The van der Waals surface area contributed by atoms with Crippen molar-refractivity contribution in [1.82, 2.24) is 5.01 Å². The minimum absolute atomic E-state index is 0.0402. The third-order valence-corrected chi connectivity index (χ3v) is 5.43. The van der Waals surface area contributed by atoms with Crippen molar-refractivity contribution in [3.63, 3.8) is 0 Å². The number of hydrogen-bond donors (Lipinski definition) is 1. The smallest absolute Gasteiger partial charge is 0.297 e. The molecule has 0 saturated carbocycles. The molecule has 13 heteroatoms. The summed E-state index contributed by atoms with van der Waals surface area (Å²) in [7, 11) is -6.11. The molecule has 0 aromatic heterocycles. The summed E-state index contributed by atoms with van der Waals surface area (Å²) in [6, 6.07) is 1.74. The van der Waals surface area contributed by atoms with Crippen LogP contribution in [0.4, 0.5) is 32.0 Å². The topological polar surface area (TPSA) is 79.0 Å². The number of piperidine rings is 1. The van der Waals surface area contributed by atoms with Crippen LogP contribution in [0.15, 0.2) is 23.3 Å². The van der Waals surface area contributed by atoms with Crippen molar-refractivity contribution in [3.05, 3.63) is 29.3 Å². The number of benzene rings is 1. The van der Waals surface area contributed by atoms with Gasteiger partial charge in [-0.05, 0) is 38.3 Å². The second-order valence-corrected chi connectivity index (χ2v) is 8.69. The largest absolute Gasteiger partial charge is 0.518 e. The molecule has 0 aliphatic carbocycles. The molecular weight excluding hydrogens is 474 g/mol. The van der Waals surface area contributed by atoms with Crippen LogP contribution in [-0.4, -0.2) is 37.7 Å². The van der Waals surface area contributed by atoms with E-state index in [1.165, 1.54) is 13.3 Å². The monoisotopic (exact) mass is 506 g/mol. The van der Waals surface area contributed by atoms with Crippen molar-refractivity contribution >= 4 is 21.4 Å². The van der Waals surface area contributed by atoms with Gasteiger partial charge >= 0.3 is 21.7 Å². The van der Waals surface area contributed by atoms with E-state index in [2.05, 4.69) is 18.9 Å². The molecule has 2 N–H and O–H groups in total. The Morgan fingerprint density at radius 3 is 1.97 bits per heavy atom. The lowest BCUT2D eigenvalue weighted by atomic mass is 10.1. The Labute approximate surface area is 191 Å². The van der Waals surface area contributed by atoms with E-state index in [1.807, 2.05) is 13.8 Å². The summed E-state index contributed by atoms with van der Waals surface area (Å²) < 4.78 is 100. The highest BCUT2D eigenvalue weighted by Gasteiger charge is 2.50. The fourth-order valence-electron chi connectivity index (χ4n) is 2.68. The fourth-order valence-corrected chi connectivity index (χ4v) is 3.31. The zero-order valence-electron chi connectivity index (χ0n) is 19.4. The lowest BCUT2D eigenvalue weighted by molar-refractivity contribution is -0.137. The summed E-state index contributed by atoms with van der Waals surface area (Å²) >= 11 is 0. The summed E-state index contributed by atoms with van der Waals surface area (Å²) in [5.41, 5.74) is -8.31. The Bertz CT molecular complexity index is 864. The molecule has 1 aromatic carbocycles. The molecule has 0 amide bonds. The minimum atomic E-state index is -6.11. The van der Waals surface area contributed by atoms with Crippen molar-refractivity contribution in [1.29, 1.82) is 0 Å². The van der Waals surface area contributed by atoms with Crippen LogP contribution >= 0.6 is 0 Å². The van der Waals surface area contributed by atoms with E-state index < -0.39 is 37.4 Å². The van der Waals surface area contributed by atoms with E-state index in [-0.39, 0.29) is 17.3 Å². The van der Waals surface area contributed by atoms with E-state index in [9.17, 15) is 34.8 Å². The maximum absolute atomic E-state index is 13.0. The predicted octanol–water partition coefficient (Wildman–Crippen LogP) is 5.89. The Morgan fingerprint density at radius 1 is 1.06 bits per heavy atom. The van der Waals surface area contributed by atoms with Gasteiger partial charge < -0.3 is 0 Å². The van der Waals surface area contributed by atoms with Gasteiger partial charge in [0, 0.05) is 18.7 Å². The van der Waals surface area contributed by atoms with Crippen molar-refractivity contribution in [2.45, 2.75) is 72.0 Å². The van der Waals surface area contributed by atoms with E-state index in [0.717, 1.165) is 25.3 Å². The minimum Gasteiger partial charge on any atom is -0.297 e. The molecule has 1 aliphatic rings. The van der Waals surface area contributed by atoms with Gasteiger partial charge in [0.15, 0.2) is 0 Å². The lowest BCUT2D eigenvalue weighted by Crippen LogP contribution is -2.46. The first-order valence-electron chi connectivity index (χ1n) is 10.5. The van der Waals surface area contributed by atoms with E-state index in [4.69, 9.17) is 5.84 Å². The standard InChI is InChI=1S/C15H18F6N4O2S.C3H8.C2H6/c1-10(23-24-7-3-2-4-8-24)12-6-5-11(14(16,17)18)9-13(12)25(22)28(26,27)15(19,20)21;1-3-2;1-2/h5-6,9H,2-4,7-8,22H2,1H3;3H2,1-2H3;1-2H3/b23-10+;;. The number of nitrogens with zero attached hydrogens (tertiary/aromatic N) is 3. The average Bonchev–Trinajstić information content (AvgIpc) is 2.74. The maximum Gasteiger partial charge on any atom is 0.518 e. The van der Waals surface area contributed by atoms with Gasteiger partial charge in [-0.1, -0.05) is 40.2 Å². The van der Waals surface area contributed by atoms with Crippen LogP contribution in [-0.2, 0) is 16.2 Å². The molecule has 0 radical (unpaired) electrons. The van der Waals surface area contributed by atoms with Crippen molar-refractivity contribution < 1.29 is 34.8 Å². The molecule has 0 atom stereocenters. The molecule has 192 valence electrons. The molecular formula is C20H32F6N4O2S. The number of halogens is 6. The lowest BCUT2D eigenvalue weighted by Gasteiger charge is -2.26. The molecule has 1 aliphatic heterocycles. The van der Waals surface area contributed by atoms with Crippen LogP contribution in [0, 0.1) is 0 Å². The average molecular weight is 507 g/mol. The van der Waals surface area contributed by atoms with Crippen molar-refractivity contribution in [2.24, 2.45) is 10.9 Å². The second kappa shape index (κ2) is 13.0. The zero-order valence-corrected chi connectivity index (χ0v) is 20.2. The Hall–Kier alpha value is -2.02. The number of hydrogen-bond acceptors (Lipinski definition) is 5. The van der Waals surface area contributed by atoms with E-state index in [0.29, 0.717) is 19.2 Å². The van der Waals surface area contributed by atoms with Gasteiger partial charge in [0.05, 0.1) is 17.0 Å². The molecule has 1 fully saturated rings. The normalized spacial score (nSPS) is 15.2. The van der Waals surface area contributed by atoms with Gasteiger partial charge in [-0.25, -0.2) is 5.84 Å². The van der Waals surface area contributed by atoms with Gasteiger partial charge in [0.2, 0.25) is 0 Å². The molecule has 6 nitrogen and oxygen atoms in total. The number of alkyl halides is 6. The van der Waals surface area contributed by atoms with Gasteiger partial charge in [-0.2, -0.15) is 44.3 Å². The maximum atomic E-state index is 13.0. The number of sulfonamides is 1. The second-order valence-electron chi connectivity index (χ2n) is 6.88. The molecule has 1 aromatic rings. The highest BCUT2D eigenvalue weighted by atomic mass is 32.2. The Kier molecular flexibility index (Phi) is 12.2. The first kappa shape index (κ1) is 31.0. The molecule has 33 heavy (non-hydrogen) atoms. The summed E-state index contributed by atoms with van der Waals surface area (Å²) in [6.07, 6.45) is -1.00. The molecule has 0 bridgehead atoms.